The van der Waals surface area contributed by atoms with E-state index in [2.05, 4.69) is 5.32 Å². The number of nitrogens with one attached hydrogen (secondary N) is 1. The van der Waals surface area contributed by atoms with Crippen molar-refractivity contribution in [3.8, 4) is 0 Å². The van der Waals surface area contributed by atoms with Gasteiger partial charge < -0.3 is 25.2 Å². The van der Waals surface area contributed by atoms with Crippen LogP contribution in [-0.2, 0) is 4.74 Å². The molecule has 3 N–H and O–H groups in total. The second kappa shape index (κ2) is 5.79. The van der Waals surface area contributed by atoms with E-state index < -0.39 is 6.10 Å². The molecule has 0 aliphatic carbocycles. The van der Waals surface area contributed by atoms with Gasteiger partial charge in [-0.2, -0.15) is 0 Å². The third-order valence-electron chi connectivity index (χ3n) is 2.00. The number of aliphatic hydroxyl groups is 2. The number of carbonyl (C=O) groups excluding carboxylic acids is 1. The summed E-state index contributed by atoms with van der Waals surface area (Å²) in [4.78, 5) is 13.0. The SMILES string of the molecule is O=C(NCC(O)CO)N1CCOCC1. The lowest BCUT2D eigenvalue weighted by Gasteiger charge is -2.27. The summed E-state index contributed by atoms with van der Waals surface area (Å²) in [6.45, 7) is 1.98. The fraction of sp³-hybridized carbons (Fsp3) is 0.875. The number of ether oxygens (including phenoxy) is 1. The highest BCUT2D eigenvalue weighted by Gasteiger charge is 2.16. The lowest BCUT2D eigenvalue weighted by atomic mass is 10.4. The number of nitrogens with zero attached hydrogens (tertiary/aromatic N) is 1. The molecule has 82 valence electrons. The Morgan fingerprint density at radius 2 is 2.14 bits per heavy atom. The molecule has 6 nitrogen and oxygen atoms in total. The molecule has 1 unspecified atom stereocenters. The van der Waals surface area contributed by atoms with Gasteiger partial charge in [-0.05, 0) is 0 Å². The minimum Gasteiger partial charge on any atom is -0.394 e. The molecule has 1 aliphatic rings. The Labute approximate surface area is 82.5 Å². The van der Waals surface area contributed by atoms with Crippen molar-refractivity contribution in [1.29, 1.82) is 0 Å². The van der Waals surface area contributed by atoms with Crippen molar-refractivity contribution < 1.29 is 19.7 Å². The number of urea groups is 1. The Kier molecular flexibility index (Phi) is 4.64. The van der Waals surface area contributed by atoms with Crippen LogP contribution >= 0.6 is 0 Å². The molecule has 0 bridgehead atoms. The van der Waals surface area contributed by atoms with Crippen LogP contribution in [0.5, 0.6) is 0 Å². The van der Waals surface area contributed by atoms with Gasteiger partial charge in [-0.15, -0.1) is 0 Å². The van der Waals surface area contributed by atoms with E-state index in [1.165, 1.54) is 0 Å². The molecule has 1 aliphatic heterocycles. The van der Waals surface area contributed by atoms with Gasteiger partial charge in [0.05, 0.1) is 25.9 Å². The zero-order chi connectivity index (χ0) is 10.4. The topological polar surface area (TPSA) is 82.0 Å². The van der Waals surface area contributed by atoms with Crippen LogP contribution in [0.1, 0.15) is 0 Å². The second-order valence-corrected chi connectivity index (χ2v) is 3.12. The molecule has 2 amide bonds. The average Bonchev–Trinajstić information content (AvgIpc) is 2.26. The molecule has 0 aromatic carbocycles. The molecule has 0 aromatic heterocycles. The standard InChI is InChI=1S/C8H16N2O4/c11-6-7(12)5-9-8(13)10-1-3-14-4-2-10/h7,11-12H,1-6H2,(H,9,13). The number of morpholine rings is 1. The van der Waals surface area contributed by atoms with Gasteiger partial charge in [-0.1, -0.05) is 0 Å². The molecule has 0 radical (unpaired) electrons. The molecule has 6 heteroatoms. The minimum atomic E-state index is -0.889. The molecule has 1 saturated heterocycles. The molecule has 14 heavy (non-hydrogen) atoms. The summed E-state index contributed by atoms with van der Waals surface area (Å²) in [5.74, 6) is 0. The number of aliphatic hydroxyl groups excluding tert-OH is 2. The van der Waals surface area contributed by atoms with E-state index >= 15 is 0 Å². The van der Waals surface area contributed by atoms with E-state index in [0.717, 1.165) is 0 Å². The first kappa shape index (κ1) is 11.2. The predicted molar refractivity (Wildman–Crippen MR) is 48.9 cm³/mol. The van der Waals surface area contributed by atoms with Crippen LogP contribution in [0.4, 0.5) is 4.79 Å². The zero-order valence-corrected chi connectivity index (χ0v) is 7.98. The highest BCUT2D eigenvalue weighted by molar-refractivity contribution is 5.74. The quantitative estimate of drug-likeness (QED) is 0.516. The summed E-state index contributed by atoms with van der Waals surface area (Å²) in [7, 11) is 0. The fourth-order valence-corrected chi connectivity index (χ4v) is 1.15. The minimum absolute atomic E-state index is 0.0761. The number of rotatable bonds is 3. The van der Waals surface area contributed by atoms with Gasteiger partial charge in [0.25, 0.3) is 0 Å². The molecular weight excluding hydrogens is 188 g/mol. The van der Waals surface area contributed by atoms with E-state index in [0.29, 0.717) is 26.3 Å². The van der Waals surface area contributed by atoms with E-state index in [-0.39, 0.29) is 19.2 Å². The van der Waals surface area contributed by atoms with Crippen molar-refractivity contribution in [2.45, 2.75) is 6.10 Å². The van der Waals surface area contributed by atoms with E-state index in [4.69, 9.17) is 14.9 Å². The predicted octanol–water partition coefficient (Wildman–Crippen LogP) is -1.62. The summed E-state index contributed by atoms with van der Waals surface area (Å²) in [6, 6.07) is -0.221. The van der Waals surface area contributed by atoms with Gasteiger partial charge in [0, 0.05) is 19.6 Å². The molecular formula is C8H16N2O4. The summed E-state index contributed by atoms with van der Waals surface area (Å²) >= 11 is 0. The number of amides is 2. The Balaban J connectivity index is 2.19. The smallest absolute Gasteiger partial charge is 0.317 e. The Morgan fingerprint density at radius 3 is 2.71 bits per heavy atom. The lowest BCUT2D eigenvalue weighted by molar-refractivity contribution is 0.0505. The van der Waals surface area contributed by atoms with Crippen molar-refractivity contribution >= 4 is 6.03 Å². The first-order chi connectivity index (χ1) is 6.74. The summed E-state index contributed by atoms with van der Waals surface area (Å²) in [5, 5.41) is 20.0. The van der Waals surface area contributed by atoms with Crippen LogP contribution in [0.25, 0.3) is 0 Å². The van der Waals surface area contributed by atoms with E-state index in [1.54, 1.807) is 4.90 Å². The van der Waals surface area contributed by atoms with E-state index in [9.17, 15) is 4.79 Å². The van der Waals surface area contributed by atoms with Crippen LogP contribution in [0.2, 0.25) is 0 Å². The van der Waals surface area contributed by atoms with E-state index in [1.807, 2.05) is 0 Å². The highest BCUT2D eigenvalue weighted by atomic mass is 16.5. The van der Waals surface area contributed by atoms with Crippen LogP contribution in [0.3, 0.4) is 0 Å². The van der Waals surface area contributed by atoms with Crippen molar-refractivity contribution in [1.82, 2.24) is 10.2 Å². The molecule has 1 heterocycles. The first-order valence-corrected chi connectivity index (χ1v) is 4.63. The van der Waals surface area contributed by atoms with Gasteiger partial charge in [-0.3, -0.25) is 0 Å². The van der Waals surface area contributed by atoms with Gasteiger partial charge >= 0.3 is 6.03 Å². The number of hydrogen-bond acceptors (Lipinski definition) is 4. The Bertz CT molecular complexity index is 182. The lowest BCUT2D eigenvalue weighted by Crippen LogP contribution is -2.48. The van der Waals surface area contributed by atoms with Crippen LogP contribution in [0, 0.1) is 0 Å². The number of carbonyl (C=O) groups is 1. The maximum atomic E-state index is 11.4. The largest absolute Gasteiger partial charge is 0.394 e. The Hall–Kier alpha value is -0.850. The van der Waals surface area contributed by atoms with Crippen LogP contribution < -0.4 is 5.32 Å². The first-order valence-electron chi connectivity index (χ1n) is 4.63. The molecule has 0 saturated carbocycles. The van der Waals surface area contributed by atoms with Crippen molar-refractivity contribution in [2.24, 2.45) is 0 Å². The molecule has 0 aromatic rings. The van der Waals surface area contributed by atoms with Crippen LogP contribution in [-0.4, -0.2) is 66.7 Å². The van der Waals surface area contributed by atoms with Crippen molar-refractivity contribution in [3.63, 3.8) is 0 Å². The Morgan fingerprint density at radius 1 is 1.50 bits per heavy atom. The monoisotopic (exact) mass is 204 g/mol. The zero-order valence-electron chi connectivity index (χ0n) is 7.98. The normalized spacial score (nSPS) is 19.1. The van der Waals surface area contributed by atoms with Gasteiger partial charge in [0.1, 0.15) is 0 Å². The third kappa shape index (κ3) is 3.49. The van der Waals surface area contributed by atoms with Gasteiger partial charge in [0.2, 0.25) is 0 Å². The highest BCUT2D eigenvalue weighted by Crippen LogP contribution is 1.96. The molecule has 1 rings (SSSR count). The van der Waals surface area contributed by atoms with Crippen molar-refractivity contribution in [3.05, 3.63) is 0 Å². The molecule has 1 fully saturated rings. The number of hydrogen-bond donors (Lipinski definition) is 3. The summed E-state index contributed by atoms with van der Waals surface area (Å²) in [5.41, 5.74) is 0. The average molecular weight is 204 g/mol. The van der Waals surface area contributed by atoms with Gasteiger partial charge in [-0.25, -0.2) is 4.79 Å². The fourth-order valence-electron chi connectivity index (χ4n) is 1.15. The summed E-state index contributed by atoms with van der Waals surface area (Å²) < 4.78 is 5.09. The van der Waals surface area contributed by atoms with Crippen molar-refractivity contribution in [2.75, 3.05) is 39.5 Å². The summed E-state index contributed by atoms with van der Waals surface area (Å²) in [6.07, 6.45) is -0.889. The maximum absolute atomic E-state index is 11.4. The van der Waals surface area contributed by atoms with Gasteiger partial charge in [0.15, 0.2) is 0 Å². The van der Waals surface area contributed by atoms with Crippen LogP contribution in [0.15, 0.2) is 0 Å². The second-order valence-electron chi connectivity index (χ2n) is 3.12. The molecule has 0 spiro atoms. The maximum Gasteiger partial charge on any atom is 0.317 e. The molecule has 1 atom stereocenters. The third-order valence-corrected chi connectivity index (χ3v) is 2.00.